The van der Waals surface area contributed by atoms with Crippen molar-refractivity contribution in [1.29, 1.82) is 0 Å². The maximum atomic E-state index is 13.8. The van der Waals surface area contributed by atoms with Crippen molar-refractivity contribution in [2.45, 2.75) is 45.5 Å². The maximum absolute atomic E-state index is 13.8. The highest BCUT2D eigenvalue weighted by molar-refractivity contribution is 5.77. The lowest BCUT2D eigenvalue weighted by molar-refractivity contribution is -0.274. The predicted molar refractivity (Wildman–Crippen MR) is 112 cm³/mol. The van der Waals surface area contributed by atoms with Crippen LogP contribution in [0.5, 0.6) is 11.5 Å². The number of rotatable bonds is 7. The van der Waals surface area contributed by atoms with Crippen molar-refractivity contribution >= 4 is 5.97 Å². The van der Waals surface area contributed by atoms with Crippen LogP contribution in [0.15, 0.2) is 47.5 Å². The van der Waals surface area contributed by atoms with Crippen LogP contribution < -0.4 is 15.2 Å². The van der Waals surface area contributed by atoms with Crippen molar-refractivity contribution in [3.63, 3.8) is 0 Å². The molecule has 0 saturated carbocycles. The standard InChI is InChI=1S/C22H19F6N3O5/c1-12-8-13(9-16(21(23,24)25)17(12)36-20(2,3)18(32)33)10-31-19(34)30(11-29-31)14-4-6-15(7-5-14)35-22(26,27)28/h4-9,11H,10H2,1-3H3,(H,32,33). The Bertz CT molecular complexity index is 1320. The molecule has 0 amide bonds. The van der Waals surface area contributed by atoms with E-state index in [0.29, 0.717) is 0 Å². The number of hydrogen-bond acceptors (Lipinski definition) is 5. The number of carboxylic acids is 1. The Labute approximate surface area is 199 Å². The number of halogens is 6. The normalized spacial score (nSPS) is 12.5. The summed E-state index contributed by atoms with van der Waals surface area (Å²) < 4.78 is 89.1. The second-order valence-electron chi connectivity index (χ2n) is 8.19. The lowest BCUT2D eigenvalue weighted by Crippen LogP contribution is -2.38. The molecule has 14 heteroatoms. The zero-order valence-corrected chi connectivity index (χ0v) is 18.9. The number of aromatic nitrogens is 3. The van der Waals surface area contributed by atoms with Gasteiger partial charge in [0.2, 0.25) is 0 Å². The summed E-state index contributed by atoms with van der Waals surface area (Å²) in [4.78, 5) is 24.1. The van der Waals surface area contributed by atoms with E-state index in [9.17, 15) is 41.0 Å². The number of ether oxygens (including phenoxy) is 2. The molecule has 36 heavy (non-hydrogen) atoms. The van der Waals surface area contributed by atoms with E-state index in [2.05, 4.69) is 9.84 Å². The zero-order chi connectivity index (χ0) is 27.1. The van der Waals surface area contributed by atoms with Crippen LogP contribution in [0.25, 0.3) is 5.69 Å². The first-order valence-electron chi connectivity index (χ1n) is 10.1. The highest BCUT2D eigenvalue weighted by atomic mass is 19.4. The lowest BCUT2D eigenvalue weighted by atomic mass is 10.0. The van der Waals surface area contributed by atoms with Crippen LogP contribution in [-0.4, -0.2) is 37.4 Å². The first kappa shape index (κ1) is 26.6. The van der Waals surface area contributed by atoms with Gasteiger partial charge in [-0.05, 0) is 62.2 Å². The molecule has 1 aromatic heterocycles. The second kappa shape index (κ2) is 9.24. The van der Waals surface area contributed by atoms with Crippen LogP contribution in [0.1, 0.15) is 30.5 Å². The summed E-state index contributed by atoms with van der Waals surface area (Å²) in [5.74, 6) is -2.62. The predicted octanol–water partition coefficient (Wildman–Crippen LogP) is 4.55. The molecule has 0 aliphatic heterocycles. The Morgan fingerprint density at radius 2 is 1.64 bits per heavy atom. The van der Waals surface area contributed by atoms with Crippen LogP contribution in [-0.2, 0) is 17.5 Å². The fourth-order valence-corrected chi connectivity index (χ4v) is 3.19. The molecule has 0 aliphatic rings. The molecule has 0 unspecified atom stereocenters. The van der Waals surface area contributed by atoms with E-state index in [0.717, 1.165) is 47.6 Å². The molecule has 2 aromatic carbocycles. The quantitative estimate of drug-likeness (QED) is 0.461. The number of benzene rings is 2. The Morgan fingerprint density at radius 3 is 2.17 bits per heavy atom. The van der Waals surface area contributed by atoms with Crippen molar-refractivity contribution < 1.29 is 45.7 Å². The van der Waals surface area contributed by atoms with Crippen LogP contribution in [0.3, 0.4) is 0 Å². The van der Waals surface area contributed by atoms with Gasteiger partial charge in [-0.3, -0.25) is 0 Å². The van der Waals surface area contributed by atoms with Gasteiger partial charge in [0.15, 0.2) is 5.60 Å². The molecule has 3 rings (SSSR count). The highest BCUT2D eigenvalue weighted by Crippen LogP contribution is 2.40. The Balaban J connectivity index is 1.93. The third-order valence-electron chi connectivity index (χ3n) is 4.93. The van der Waals surface area contributed by atoms with Crippen molar-refractivity contribution in [1.82, 2.24) is 14.3 Å². The van der Waals surface area contributed by atoms with E-state index in [1.165, 1.54) is 25.1 Å². The fraction of sp³-hybridized carbons (Fsp3) is 0.318. The monoisotopic (exact) mass is 519 g/mol. The molecule has 1 heterocycles. The van der Waals surface area contributed by atoms with Crippen molar-refractivity contribution in [2.24, 2.45) is 0 Å². The van der Waals surface area contributed by atoms with Gasteiger partial charge >= 0.3 is 24.2 Å². The van der Waals surface area contributed by atoms with Gasteiger partial charge in [-0.2, -0.15) is 18.3 Å². The number of aliphatic carboxylic acids is 1. The van der Waals surface area contributed by atoms with Crippen molar-refractivity contribution in [3.8, 4) is 17.2 Å². The zero-order valence-electron chi connectivity index (χ0n) is 18.9. The van der Waals surface area contributed by atoms with Gasteiger partial charge in [0.05, 0.1) is 17.8 Å². The Kier molecular flexibility index (Phi) is 6.84. The van der Waals surface area contributed by atoms with Gasteiger partial charge in [-0.1, -0.05) is 6.07 Å². The molecule has 3 aromatic rings. The summed E-state index contributed by atoms with van der Waals surface area (Å²) >= 11 is 0. The molecule has 0 fully saturated rings. The molecule has 0 bridgehead atoms. The summed E-state index contributed by atoms with van der Waals surface area (Å²) in [7, 11) is 0. The molecule has 8 nitrogen and oxygen atoms in total. The van der Waals surface area contributed by atoms with Gasteiger partial charge in [-0.15, -0.1) is 13.2 Å². The molecule has 0 radical (unpaired) electrons. The highest BCUT2D eigenvalue weighted by Gasteiger charge is 2.39. The van der Waals surface area contributed by atoms with E-state index in [1.54, 1.807) is 0 Å². The molecular weight excluding hydrogens is 500 g/mol. The van der Waals surface area contributed by atoms with E-state index in [1.807, 2.05) is 0 Å². The molecule has 0 saturated heterocycles. The van der Waals surface area contributed by atoms with Gasteiger partial charge in [0.25, 0.3) is 0 Å². The van der Waals surface area contributed by atoms with Crippen molar-refractivity contribution in [2.75, 3.05) is 0 Å². The number of aryl methyl sites for hydroxylation is 1. The van der Waals surface area contributed by atoms with E-state index < -0.39 is 46.9 Å². The second-order valence-corrected chi connectivity index (χ2v) is 8.19. The van der Waals surface area contributed by atoms with Crippen molar-refractivity contribution in [3.05, 3.63) is 69.9 Å². The summed E-state index contributed by atoms with van der Waals surface area (Å²) in [5.41, 5.74) is -3.77. The van der Waals surface area contributed by atoms with Crippen LogP contribution in [0.4, 0.5) is 26.3 Å². The van der Waals surface area contributed by atoms with Gasteiger partial charge in [-0.25, -0.2) is 18.8 Å². The first-order valence-corrected chi connectivity index (χ1v) is 10.1. The number of carboxylic acid groups (broad SMARTS) is 1. The molecule has 1 N–H and O–H groups in total. The molecule has 194 valence electrons. The third-order valence-corrected chi connectivity index (χ3v) is 4.93. The van der Waals surface area contributed by atoms with Gasteiger partial charge in [0, 0.05) is 0 Å². The minimum atomic E-state index is -4.89. The molecule has 0 spiro atoms. The van der Waals surface area contributed by atoms with Crippen LogP contribution in [0, 0.1) is 6.92 Å². The summed E-state index contributed by atoms with van der Waals surface area (Å²) in [6.45, 7) is 3.14. The number of alkyl halides is 6. The Morgan fingerprint density at radius 1 is 1.03 bits per heavy atom. The smallest absolute Gasteiger partial charge is 0.478 e. The van der Waals surface area contributed by atoms with Crippen LogP contribution >= 0.6 is 0 Å². The van der Waals surface area contributed by atoms with E-state index in [4.69, 9.17) is 4.74 Å². The van der Waals surface area contributed by atoms with E-state index in [-0.39, 0.29) is 23.4 Å². The maximum Gasteiger partial charge on any atom is 0.573 e. The van der Waals surface area contributed by atoms with Crippen LogP contribution in [0.2, 0.25) is 0 Å². The summed E-state index contributed by atoms with van der Waals surface area (Å²) in [6, 6.07) is 6.37. The average Bonchev–Trinajstić information content (AvgIpc) is 3.08. The van der Waals surface area contributed by atoms with Gasteiger partial charge < -0.3 is 14.6 Å². The van der Waals surface area contributed by atoms with Gasteiger partial charge in [0.1, 0.15) is 17.8 Å². The topological polar surface area (TPSA) is 95.6 Å². The van der Waals surface area contributed by atoms with E-state index >= 15 is 0 Å². The molecule has 0 aliphatic carbocycles. The average molecular weight is 519 g/mol. The third kappa shape index (κ3) is 5.98. The Hall–Kier alpha value is -3.97. The fourth-order valence-electron chi connectivity index (χ4n) is 3.19. The summed E-state index contributed by atoms with van der Waals surface area (Å²) in [6.07, 6.45) is -8.72. The lowest BCUT2D eigenvalue weighted by Gasteiger charge is -2.26. The number of hydrogen-bond donors (Lipinski definition) is 1. The molecular formula is C22H19F6N3O5. The number of nitrogens with zero attached hydrogens (tertiary/aromatic N) is 3. The first-order chi connectivity index (χ1) is 16.5. The largest absolute Gasteiger partial charge is 0.573 e. The minimum absolute atomic E-state index is 0.0121. The molecule has 0 atom stereocenters. The SMILES string of the molecule is Cc1cc(Cn2ncn(-c3ccc(OC(F)(F)F)cc3)c2=O)cc(C(F)(F)F)c1OC(C)(C)C(=O)O. The summed E-state index contributed by atoms with van der Waals surface area (Å²) in [5, 5.41) is 13.1. The number of carbonyl (C=O) groups is 1. The minimum Gasteiger partial charge on any atom is -0.478 e.